The van der Waals surface area contributed by atoms with Crippen molar-refractivity contribution in [2.24, 2.45) is 5.92 Å². The number of halogens is 1. The molecule has 0 N–H and O–H groups in total. The number of rotatable bonds is 23. The van der Waals surface area contributed by atoms with Gasteiger partial charge >= 0.3 is 12.1 Å². The number of benzene rings is 3. The first-order valence-corrected chi connectivity index (χ1v) is 19.1. The summed E-state index contributed by atoms with van der Waals surface area (Å²) in [6.07, 6.45) is 13.4. The van der Waals surface area contributed by atoms with Gasteiger partial charge in [0.05, 0.1) is 31.5 Å². The molecule has 0 aliphatic carbocycles. The Hall–Kier alpha value is -3.75. The average molecular weight is 705 g/mol. The van der Waals surface area contributed by atoms with Gasteiger partial charge in [0.15, 0.2) is 0 Å². The molecule has 7 nitrogen and oxygen atoms in total. The van der Waals surface area contributed by atoms with Crippen molar-refractivity contribution in [2.45, 2.75) is 116 Å². The summed E-state index contributed by atoms with van der Waals surface area (Å²) >= 11 is 0. The molecule has 51 heavy (non-hydrogen) atoms. The third-order valence-electron chi connectivity index (χ3n) is 9.44. The molecule has 1 fully saturated rings. The minimum atomic E-state index is -1.02. The Morgan fingerprint density at radius 3 is 2.18 bits per heavy atom. The maximum absolute atomic E-state index is 14.3. The molecule has 3 aromatic carbocycles. The summed E-state index contributed by atoms with van der Waals surface area (Å²) in [6, 6.07) is 19.0. The molecule has 3 aromatic rings. The van der Waals surface area contributed by atoms with Crippen molar-refractivity contribution in [1.82, 2.24) is 0 Å². The van der Waals surface area contributed by atoms with Gasteiger partial charge in [-0.05, 0) is 91.3 Å². The van der Waals surface area contributed by atoms with Crippen LogP contribution in [-0.2, 0) is 18.9 Å². The summed E-state index contributed by atoms with van der Waals surface area (Å²) in [4.78, 5) is 25.3. The van der Waals surface area contributed by atoms with Gasteiger partial charge in [-0.15, -0.1) is 0 Å². The van der Waals surface area contributed by atoms with Crippen LogP contribution in [0.25, 0.3) is 22.3 Å². The SMILES string of the molecule is CCCCCC[C@@H](C)OC(=O)OC(=O)c1ccc(-c2ccc(OCCCCCCCCCCOCC3OCC3C)cc2)c(-c2cccc(F)c2)c1. The van der Waals surface area contributed by atoms with Crippen LogP contribution in [0, 0.1) is 11.7 Å². The van der Waals surface area contributed by atoms with Crippen LogP contribution in [0.4, 0.5) is 9.18 Å². The van der Waals surface area contributed by atoms with E-state index in [1.807, 2.05) is 24.3 Å². The van der Waals surface area contributed by atoms with Gasteiger partial charge in [0.2, 0.25) is 0 Å². The molecule has 0 saturated carbocycles. The van der Waals surface area contributed by atoms with E-state index in [1.54, 1.807) is 37.3 Å². The number of carbonyl (C=O) groups excluding carboxylic acids is 2. The fourth-order valence-electron chi connectivity index (χ4n) is 6.18. The Bertz CT molecular complexity index is 1470. The maximum atomic E-state index is 14.3. The molecule has 0 spiro atoms. The van der Waals surface area contributed by atoms with E-state index in [9.17, 15) is 14.0 Å². The lowest BCUT2D eigenvalue weighted by atomic mass is 9.92. The third-order valence-corrected chi connectivity index (χ3v) is 9.44. The van der Waals surface area contributed by atoms with Gasteiger partial charge in [0.1, 0.15) is 17.7 Å². The second-order valence-corrected chi connectivity index (χ2v) is 13.8. The molecule has 8 heteroatoms. The number of hydrogen-bond acceptors (Lipinski definition) is 7. The van der Waals surface area contributed by atoms with Crippen molar-refractivity contribution in [3.05, 3.63) is 78.1 Å². The molecule has 2 unspecified atom stereocenters. The monoisotopic (exact) mass is 704 g/mol. The Kier molecular flexibility index (Phi) is 17.5. The molecule has 3 atom stereocenters. The van der Waals surface area contributed by atoms with Crippen molar-refractivity contribution in [3.8, 4) is 28.0 Å². The van der Waals surface area contributed by atoms with Gasteiger partial charge in [0, 0.05) is 12.5 Å². The second kappa shape index (κ2) is 22.2. The zero-order valence-electron chi connectivity index (χ0n) is 30.8. The van der Waals surface area contributed by atoms with Crippen LogP contribution in [0.5, 0.6) is 5.75 Å². The Labute approximate surface area is 304 Å². The van der Waals surface area contributed by atoms with E-state index >= 15 is 0 Å². The number of unbranched alkanes of at least 4 members (excludes halogenated alkanes) is 10. The minimum Gasteiger partial charge on any atom is -0.494 e. The quantitative estimate of drug-likeness (QED) is 0.0552. The lowest BCUT2D eigenvalue weighted by molar-refractivity contribution is -0.139. The standard InChI is InChI=1S/C43H57FO7/c1-4-5-6-13-17-33(3)50-43(46)51-42(45)36-22-25-39(40(29-36)35-18-16-19-37(44)28-35)34-20-23-38(24-21-34)48-27-15-12-10-8-7-9-11-14-26-47-31-41-32(2)30-49-41/h16,18-25,28-29,32-33,41H,4-15,17,26-27,30-31H2,1-3H3/t32?,33-,41?/m1/s1. The Morgan fingerprint density at radius 2 is 1.51 bits per heavy atom. The number of hydrogen-bond donors (Lipinski definition) is 0. The van der Waals surface area contributed by atoms with Crippen molar-refractivity contribution in [2.75, 3.05) is 26.4 Å². The summed E-state index contributed by atoms with van der Waals surface area (Å²) in [7, 11) is 0. The largest absolute Gasteiger partial charge is 0.516 e. The molecule has 1 aliphatic heterocycles. The van der Waals surface area contributed by atoms with Crippen LogP contribution < -0.4 is 4.74 Å². The fraction of sp³-hybridized carbons (Fsp3) is 0.535. The molecule has 1 heterocycles. The second-order valence-electron chi connectivity index (χ2n) is 13.8. The predicted molar refractivity (Wildman–Crippen MR) is 200 cm³/mol. The molecule has 4 rings (SSSR count). The van der Waals surface area contributed by atoms with Gasteiger partial charge in [-0.1, -0.05) is 102 Å². The highest BCUT2D eigenvalue weighted by Crippen LogP contribution is 2.34. The lowest BCUT2D eigenvalue weighted by Crippen LogP contribution is -2.41. The van der Waals surface area contributed by atoms with Crippen molar-refractivity contribution < 1.29 is 37.7 Å². The number of esters is 1. The van der Waals surface area contributed by atoms with E-state index in [-0.39, 0.29) is 11.7 Å². The molecule has 0 radical (unpaired) electrons. The van der Waals surface area contributed by atoms with Crippen LogP contribution in [0.3, 0.4) is 0 Å². The van der Waals surface area contributed by atoms with Gasteiger partial charge in [-0.3, -0.25) is 0 Å². The molecular weight excluding hydrogens is 647 g/mol. The third kappa shape index (κ3) is 14.1. The smallest absolute Gasteiger partial charge is 0.494 e. The summed E-state index contributed by atoms with van der Waals surface area (Å²) in [5.41, 5.74) is 3.09. The van der Waals surface area contributed by atoms with Crippen molar-refractivity contribution >= 4 is 12.1 Å². The van der Waals surface area contributed by atoms with Crippen LogP contribution in [0.1, 0.15) is 115 Å². The predicted octanol–water partition coefficient (Wildman–Crippen LogP) is 11.4. The lowest BCUT2D eigenvalue weighted by Gasteiger charge is -2.33. The first-order chi connectivity index (χ1) is 24.8. The zero-order valence-corrected chi connectivity index (χ0v) is 30.8. The van der Waals surface area contributed by atoms with E-state index in [0.717, 1.165) is 81.6 Å². The molecule has 0 aromatic heterocycles. The highest BCUT2D eigenvalue weighted by molar-refractivity contribution is 5.98. The molecule has 0 bridgehead atoms. The van der Waals surface area contributed by atoms with Crippen LogP contribution >= 0.6 is 0 Å². The van der Waals surface area contributed by atoms with Gasteiger partial charge in [-0.25, -0.2) is 14.0 Å². The summed E-state index contributed by atoms with van der Waals surface area (Å²) < 4.78 is 41.8. The first-order valence-electron chi connectivity index (χ1n) is 19.1. The van der Waals surface area contributed by atoms with E-state index in [2.05, 4.69) is 13.8 Å². The molecule has 1 aliphatic rings. The first kappa shape index (κ1) is 40.0. The fourth-order valence-corrected chi connectivity index (χ4v) is 6.18. The van der Waals surface area contributed by atoms with Crippen LogP contribution in [0.2, 0.25) is 0 Å². The Balaban J connectivity index is 1.21. The highest BCUT2D eigenvalue weighted by atomic mass is 19.1. The van der Waals surface area contributed by atoms with Gasteiger partial charge in [0.25, 0.3) is 0 Å². The van der Waals surface area contributed by atoms with E-state index in [0.29, 0.717) is 36.2 Å². The average Bonchev–Trinajstić information content (AvgIpc) is 3.12. The number of ether oxygens (including phenoxy) is 5. The van der Waals surface area contributed by atoms with Crippen LogP contribution in [-0.4, -0.2) is 50.8 Å². The molecule has 278 valence electrons. The van der Waals surface area contributed by atoms with Gasteiger partial charge in [-0.2, -0.15) is 0 Å². The normalized spacial score (nSPS) is 15.9. The molecule has 0 amide bonds. The highest BCUT2D eigenvalue weighted by Gasteiger charge is 2.27. The van der Waals surface area contributed by atoms with E-state index < -0.39 is 17.9 Å². The molecule has 1 saturated heterocycles. The zero-order chi connectivity index (χ0) is 36.3. The van der Waals surface area contributed by atoms with Crippen molar-refractivity contribution in [3.63, 3.8) is 0 Å². The van der Waals surface area contributed by atoms with Crippen molar-refractivity contribution in [1.29, 1.82) is 0 Å². The minimum absolute atomic E-state index is 0.167. The summed E-state index contributed by atoms with van der Waals surface area (Å²) in [5.74, 6) is 0.203. The Morgan fingerprint density at radius 1 is 0.804 bits per heavy atom. The summed E-state index contributed by atoms with van der Waals surface area (Å²) in [6.45, 7) is 9.24. The summed E-state index contributed by atoms with van der Waals surface area (Å²) in [5, 5.41) is 0. The molecular formula is C43H57FO7. The van der Waals surface area contributed by atoms with Crippen LogP contribution in [0.15, 0.2) is 66.7 Å². The van der Waals surface area contributed by atoms with Gasteiger partial charge < -0.3 is 23.7 Å². The number of carbonyl (C=O) groups is 2. The van der Waals surface area contributed by atoms with E-state index in [1.165, 1.54) is 44.2 Å². The maximum Gasteiger partial charge on any atom is 0.516 e. The van der Waals surface area contributed by atoms with E-state index in [4.69, 9.17) is 23.7 Å². The topological polar surface area (TPSA) is 80.3 Å².